The zero-order valence-electron chi connectivity index (χ0n) is 13.7. The molecule has 0 aliphatic rings. The van der Waals surface area contributed by atoms with E-state index in [9.17, 15) is 10.1 Å². The van der Waals surface area contributed by atoms with Gasteiger partial charge in [-0.1, -0.05) is 58.0 Å². The van der Waals surface area contributed by atoms with Gasteiger partial charge in [0.1, 0.15) is 5.92 Å². The maximum absolute atomic E-state index is 12.6. The molecule has 2 unspecified atom stereocenters. The molecule has 114 valence electrons. The second kappa shape index (κ2) is 6.76. The van der Waals surface area contributed by atoms with Crippen molar-refractivity contribution in [3.05, 3.63) is 35.9 Å². The van der Waals surface area contributed by atoms with E-state index >= 15 is 0 Å². The Hall–Kier alpha value is -1.82. The summed E-state index contributed by atoms with van der Waals surface area (Å²) in [5, 5.41) is 12.5. The van der Waals surface area contributed by atoms with Gasteiger partial charge in [0, 0.05) is 0 Å². The summed E-state index contributed by atoms with van der Waals surface area (Å²) in [5.41, 5.74) is 0.286. The van der Waals surface area contributed by atoms with Crippen molar-refractivity contribution in [3.63, 3.8) is 0 Å². The zero-order chi connectivity index (χ0) is 16.1. The van der Waals surface area contributed by atoms with Crippen LogP contribution in [0.3, 0.4) is 0 Å². The van der Waals surface area contributed by atoms with Crippen LogP contribution < -0.4 is 5.32 Å². The van der Waals surface area contributed by atoms with Gasteiger partial charge < -0.3 is 5.32 Å². The summed E-state index contributed by atoms with van der Waals surface area (Å²) in [5.74, 6) is -0.824. The number of hydrogen-bond acceptors (Lipinski definition) is 2. The van der Waals surface area contributed by atoms with Crippen LogP contribution in [0.2, 0.25) is 0 Å². The van der Waals surface area contributed by atoms with E-state index in [1.807, 2.05) is 65.0 Å². The van der Waals surface area contributed by atoms with Crippen LogP contribution in [0.4, 0.5) is 0 Å². The Morgan fingerprint density at radius 3 is 2.19 bits per heavy atom. The Balaban J connectivity index is 3.02. The largest absolute Gasteiger partial charge is 0.346 e. The second-order valence-electron chi connectivity index (χ2n) is 6.45. The molecule has 0 aliphatic carbocycles. The molecule has 21 heavy (non-hydrogen) atoms. The highest BCUT2D eigenvalue weighted by Crippen LogP contribution is 2.32. The van der Waals surface area contributed by atoms with Crippen molar-refractivity contribution in [2.24, 2.45) is 11.3 Å². The maximum Gasteiger partial charge on any atom is 0.238 e. The third kappa shape index (κ3) is 3.85. The molecule has 0 spiro atoms. The highest BCUT2D eigenvalue weighted by molar-refractivity contribution is 5.82. The highest BCUT2D eigenvalue weighted by Gasteiger charge is 2.37. The van der Waals surface area contributed by atoms with Crippen molar-refractivity contribution in [2.75, 3.05) is 0 Å². The number of carbonyl (C=O) groups excluding carboxylic acids is 1. The van der Waals surface area contributed by atoms with Crippen LogP contribution in [0.5, 0.6) is 0 Å². The fourth-order valence-corrected chi connectivity index (χ4v) is 2.31. The van der Waals surface area contributed by atoms with Crippen LogP contribution in [0.25, 0.3) is 0 Å². The number of benzene rings is 1. The Morgan fingerprint density at radius 1 is 1.19 bits per heavy atom. The summed E-state index contributed by atoms with van der Waals surface area (Å²) < 4.78 is 0. The van der Waals surface area contributed by atoms with E-state index in [1.54, 1.807) is 0 Å². The van der Waals surface area contributed by atoms with Gasteiger partial charge in [-0.3, -0.25) is 4.79 Å². The lowest BCUT2D eigenvalue weighted by atomic mass is 9.76. The van der Waals surface area contributed by atoms with Crippen molar-refractivity contribution >= 4 is 5.91 Å². The molecule has 0 fully saturated rings. The number of nitriles is 1. The molecular formula is C18H26N2O. The van der Waals surface area contributed by atoms with E-state index in [2.05, 4.69) is 11.4 Å². The van der Waals surface area contributed by atoms with Gasteiger partial charge >= 0.3 is 0 Å². The average Bonchev–Trinajstić information content (AvgIpc) is 2.48. The van der Waals surface area contributed by atoms with Gasteiger partial charge in [-0.15, -0.1) is 0 Å². The van der Waals surface area contributed by atoms with Crippen molar-refractivity contribution in [3.8, 4) is 6.07 Å². The number of carbonyl (C=O) groups is 1. The standard InChI is InChI=1S/C18H26N2O/c1-6-17(3,4)15(13-19)16(21)20-18(5,7-2)14-11-9-8-10-12-14/h8-12,15H,6-7H2,1-5H3,(H,20,21). The third-order valence-electron chi connectivity index (χ3n) is 4.60. The number of nitrogens with one attached hydrogen (secondary N) is 1. The van der Waals surface area contributed by atoms with E-state index in [0.29, 0.717) is 0 Å². The predicted molar refractivity (Wildman–Crippen MR) is 85.4 cm³/mol. The highest BCUT2D eigenvalue weighted by atomic mass is 16.2. The molecule has 0 aliphatic heterocycles. The summed E-state index contributed by atoms with van der Waals surface area (Å²) in [7, 11) is 0. The summed E-state index contributed by atoms with van der Waals surface area (Å²) in [6.07, 6.45) is 1.56. The molecule has 0 saturated carbocycles. The molecule has 0 bridgehead atoms. The van der Waals surface area contributed by atoms with E-state index in [-0.39, 0.29) is 11.3 Å². The first kappa shape index (κ1) is 17.2. The lowest BCUT2D eigenvalue weighted by Crippen LogP contribution is -2.48. The monoisotopic (exact) mass is 286 g/mol. The fraction of sp³-hybridized carbons (Fsp3) is 0.556. The summed E-state index contributed by atoms with van der Waals surface area (Å²) >= 11 is 0. The van der Waals surface area contributed by atoms with Gasteiger partial charge in [0.15, 0.2) is 0 Å². The van der Waals surface area contributed by atoms with Crippen LogP contribution in [-0.4, -0.2) is 5.91 Å². The molecule has 1 rings (SSSR count). The SMILES string of the molecule is CCC(C)(NC(=O)C(C#N)C(C)(C)CC)c1ccccc1. The Kier molecular flexibility index (Phi) is 5.54. The predicted octanol–water partition coefficient (Wildman–Crippen LogP) is 4.00. The molecule has 1 amide bonds. The fourth-order valence-electron chi connectivity index (χ4n) is 2.31. The first-order valence-corrected chi connectivity index (χ1v) is 7.58. The molecule has 0 heterocycles. The summed E-state index contributed by atoms with van der Waals surface area (Å²) in [4.78, 5) is 12.6. The quantitative estimate of drug-likeness (QED) is 0.859. The first-order chi connectivity index (χ1) is 9.80. The Bertz CT molecular complexity index is 516. The van der Waals surface area contributed by atoms with Gasteiger partial charge in [0.25, 0.3) is 0 Å². The Morgan fingerprint density at radius 2 is 1.76 bits per heavy atom. The van der Waals surface area contributed by atoms with Gasteiger partial charge in [0.05, 0.1) is 11.6 Å². The van der Waals surface area contributed by atoms with Gasteiger partial charge in [-0.05, 0) is 30.7 Å². The van der Waals surface area contributed by atoms with Gasteiger partial charge in [0.2, 0.25) is 5.91 Å². The second-order valence-corrected chi connectivity index (χ2v) is 6.45. The summed E-state index contributed by atoms with van der Waals surface area (Å²) in [6, 6.07) is 12.1. The molecule has 0 aromatic heterocycles. The molecule has 1 aromatic carbocycles. The van der Waals surface area contributed by atoms with Crippen LogP contribution in [0.1, 0.15) is 53.0 Å². The van der Waals surface area contributed by atoms with Crippen molar-refractivity contribution in [2.45, 2.75) is 53.0 Å². The minimum Gasteiger partial charge on any atom is -0.346 e. The molecule has 1 aromatic rings. The van der Waals surface area contributed by atoms with Crippen LogP contribution in [-0.2, 0) is 10.3 Å². The van der Waals surface area contributed by atoms with Crippen LogP contribution in [0.15, 0.2) is 30.3 Å². The van der Waals surface area contributed by atoms with E-state index in [1.165, 1.54) is 0 Å². The smallest absolute Gasteiger partial charge is 0.238 e. The van der Waals surface area contributed by atoms with Crippen molar-refractivity contribution in [1.29, 1.82) is 5.26 Å². The number of nitrogens with zero attached hydrogens (tertiary/aromatic N) is 1. The molecule has 1 N–H and O–H groups in total. The average molecular weight is 286 g/mol. The van der Waals surface area contributed by atoms with Crippen LogP contribution >= 0.6 is 0 Å². The zero-order valence-corrected chi connectivity index (χ0v) is 13.7. The first-order valence-electron chi connectivity index (χ1n) is 7.58. The molecule has 2 atom stereocenters. The van der Waals surface area contributed by atoms with Gasteiger partial charge in [-0.2, -0.15) is 5.26 Å². The maximum atomic E-state index is 12.6. The lowest BCUT2D eigenvalue weighted by molar-refractivity contribution is -0.128. The molecule has 0 radical (unpaired) electrons. The van der Waals surface area contributed by atoms with E-state index in [4.69, 9.17) is 0 Å². The van der Waals surface area contributed by atoms with E-state index < -0.39 is 11.5 Å². The number of amides is 1. The summed E-state index contributed by atoms with van der Waals surface area (Å²) in [6.45, 7) is 9.99. The molecule has 0 saturated heterocycles. The molecule has 3 heteroatoms. The Labute approximate surface area is 128 Å². The number of rotatable bonds is 6. The minimum atomic E-state index is -0.642. The molecule has 3 nitrogen and oxygen atoms in total. The topological polar surface area (TPSA) is 52.9 Å². The van der Waals surface area contributed by atoms with Crippen molar-refractivity contribution < 1.29 is 4.79 Å². The number of hydrogen-bond donors (Lipinski definition) is 1. The lowest BCUT2D eigenvalue weighted by Gasteiger charge is -2.34. The third-order valence-corrected chi connectivity index (χ3v) is 4.60. The van der Waals surface area contributed by atoms with Crippen molar-refractivity contribution in [1.82, 2.24) is 5.32 Å². The minimum absolute atomic E-state index is 0.183. The molecular weight excluding hydrogens is 260 g/mol. The van der Waals surface area contributed by atoms with E-state index in [0.717, 1.165) is 18.4 Å². The van der Waals surface area contributed by atoms with Gasteiger partial charge in [-0.25, -0.2) is 0 Å². The normalized spacial score (nSPS) is 15.6. The van der Waals surface area contributed by atoms with Crippen LogP contribution in [0, 0.1) is 22.7 Å².